The third-order valence-electron chi connectivity index (χ3n) is 3.94. The van der Waals surface area contributed by atoms with Crippen LogP contribution in [-0.4, -0.2) is 41.4 Å². The molecular weight excluding hydrogens is 256 g/mol. The van der Waals surface area contributed by atoms with Crippen LogP contribution >= 0.6 is 11.8 Å². The number of amides is 1. The van der Waals surface area contributed by atoms with Crippen molar-refractivity contribution in [3.8, 4) is 0 Å². The van der Waals surface area contributed by atoms with Crippen LogP contribution in [0.1, 0.15) is 24.4 Å². The largest absolute Gasteiger partial charge is 0.334 e. The summed E-state index contributed by atoms with van der Waals surface area (Å²) in [7, 11) is 0. The van der Waals surface area contributed by atoms with Gasteiger partial charge < -0.3 is 10.2 Å². The maximum absolute atomic E-state index is 12.6. The first-order valence-corrected chi connectivity index (χ1v) is 8.18. The van der Waals surface area contributed by atoms with E-state index in [1.165, 1.54) is 5.56 Å². The standard InChI is InChI=1S/C15H20N2OS/c18-15(13-11-19-10-8-16-13)17-9-4-7-14(17)12-5-2-1-3-6-12/h1-3,5-6,13-14,16H,4,7-11H2. The Morgan fingerprint density at radius 2 is 2.16 bits per heavy atom. The Kier molecular flexibility index (Phi) is 4.09. The van der Waals surface area contributed by atoms with E-state index in [2.05, 4.69) is 34.5 Å². The Morgan fingerprint density at radius 1 is 1.32 bits per heavy atom. The third kappa shape index (κ3) is 2.79. The first-order chi connectivity index (χ1) is 9.36. The van der Waals surface area contributed by atoms with Gasteiger partial charge in [0.2, 0.25) is 5.91 Å². The van der Waals surface area contributed by atoms with E-state index in [1.54, 1.807) is 0 Å². The Labute approximate surface area is 118 Å². The van der Waals surface area contributed by atoms with E-state index in [0.717, 1.165) is 37.4 Å². The zero-order chi connectivity index (χ0) is 13.1. The number of carbonyl (C=O) groups excluding carboxylic acids is 1. The van der Waals surface area contributed by atoms with Gasteiger partial charge in [-0.25, -0.2) is 0 Å². The molecule has 1 N–H and O–H groups in total. The molecule has 3 rings (SSSR count). The van der Waals surface area contributed by atoms with Gasteiger partial charge in [-0.3, -0.25) is 4.79 Å². The fraction of sp³-hybridized carbons (Fsp3) is 0.533. The van der Waals surface area contributed by atoms with Gasteiger partial charge in [0.25, 0.3) is 0 Å². The monoisotopic (exact) mass is 276 g/mol. The molecule has 0 saturated carbocycles. The SMILES string of the molecule is O=C(C1CSCCN1)N1CCCC1c1ccccc1. The van der Waals surface area contributed by atoms with Gasteiger partial charge in [-0.15, -0.1) is 0 Å². The number of nitrogens with one attached hydrogen (secondary N) is 1. The summed E-state index contributed by atoms with van der Waals surface area (Å²) in [5.41, 5.74) is 1.27. The number of nitrogens with zero attached hydrogens (tertiary/aromatic N) is 1. The van der Waals surface area contributed by atoms with Crippen LogP contribution in [0, 0.1) is 0 Å². The van der Waals surface area contributed by atoms with E-state index in [4.69, 9.17) is 0 Å². The van der Waals surface area contributed by atoms with E-state index < -0.39 is 0 Å². The van der Waals surface area contributed by atoms with Crippen LogP contribution in [0.15, 0.2) is 30.3 Å². The molecule has 3 nitrogen and oxygen atoms in total. The minimum Gasteiger partial charge on any atom is -0.334 e. The lowest BCUT2D eigenvalue weighted by atomic mass is 10.0. The molecule has 1 amide bonds. The fourth-order valence-electron chi connectivity index (χ4n) is 2.98. The minimum atomic E-state index is 0.0167. The summed E-state index contributed by atoms with van der Waals surface area (Å²) in [6, 6.07) is 10.7. The highest BCUT2D eigenvalue weighted by Gasteiger charge is 2.34. The number of thioether (sulfide) groups is 1. The van der Waals surface area contributed by atoms with Crippen LogP contribution in [-0.2, 0) is 4.79 Å². The third-order valence-corrected chi connectivity index (χ3v) is 5.00. The fourth-order valence-corrected chi connectivity index (χ4v) is 3.90. The van der Waals surface area contributed by atoms with Gasteiger partial charge in [-0.2, -0.15) is 11.8 Å². The maximum Gasteiger partial charge on any atom is 0.241 e. The Hall–Kier alpha value is -1.00. The van der Waals surface area contributed by atoms with Crippen LogP contribution in [0.5, 0.6) is 0 Å². The van der Waals surface area contributed by atoms with Gasteiger partial charge in [0.15, 0.2) is 0 Å². The minimum absolute atomic E-state index is 0.0167. The first-order valence-electron chi connectivity index (χ1n) is 7.03. The van der Waals surface area contributed by atoms with Gasteiger partial charge in [-0.1, -0.05) is 30.3 Å². The van der Waals surface area contributed by atoms with E-state index in [1.807, 2.05) is 17.8 Å². The topological polar surface area (TPSA) is 32.3 Å². The molecule has 0 aliphatic carbocycles. The van der Waals surface area contributed by atoms with Crippen molar-refractivity contribution in [3.63, 3.8) is 0 Å². The second kappa shape index (κ2) is 5.97. The quantitative estimate of drug-likeness (QED) is 0.897. The molecule has 4 heteroatoms. The summed E-state index contributed by atoms with van der Waals surface area (Å²) in [4.78, 5) is 14.7. The molecule has 19 heavy (non-hydrogen) atoms. The molecule has 0 spiro atoms. The molecule has 2 atom stereocenters. The van der Waals surface area contributed by atoms with Crippen molar-refractivity contribution >= 4 is 17.7 Å². The molecule has 2 heterocycles. The molecule has 1 aromatic carbocycles. The molecule has 2 unspecified atom stereocenters. The summed E-state index contributed by atoms with van der Waals surface area (Å²) < 4.78 is 0. The highest BCUT2D eigenvalue weighted by Crippen LogP contribution is 2.32. The van der Waals surface area contributed by atoms with Gasteiger partial charge >= 0.3 is 0 Å². The lowest BCUT2D eigenvalue weighted by Crippen LogP contribution is -2.50. The summed E-state index contributed by atoms with van der Waals surface area (Å²) >= 11 is 1.88. The molecule has 0 aromatic heterocycles. The molecule has 102 valence electrons. The van der Waals surface area contributed by atoms with Crippen molar-refractivity contribution in [2.75, 3.05) is 24.6 Å². The molecule has 2 fully saturated rings. The highest BCUT2D eigenvalue weighted by molar-refractivity contribution is 7.99. The maximum atomic E-state index is 12.6. The smallest absolute Gasteiger partial charge is 0.241 e. The lowest BCUT2D eigenvalue weighted by molar-refractivity contribution is -0.133. The summed E-state index contributed by atoms with van der Waals surface area (Å²) in [6.45, 7) is 1.85. The molecule has 1 aromatic rings. The zero-order valence-corrected chi connectivity index (χ0v) is 11.9. The first kappa shape index (κ1) is 13.0. The highest BCUT2D eigenvalue weighted by atomic mass is 32.2. The molecular formula is C15H20N2OS. The average Bonchev–Trinajstić information content (AvgIpc) is 2.98. The number of hydrogen-bond donors (Lipinski definition) is 1. The number of likely N-dealkylation sites (tertiary alicyclic amines) is 1. The van der Waals surface area contributed by atoms with Gasteiger partial charge in [-0.05, 0) is 18.4 Å². The zero-order valence-electron chi connectivity index (χ0n) is 11.0. The van der Waals surface area contributed by atoms with Crippen molar-refractivity contribution in [1.82, 2.24) is 10.2 Å². The van der Waals surface area contributed by atoms with Crippen molar-refractivity contribution < 1.29 is 4.79 Å². The molecule has 2 aliphatic rings. The van der Waals surface area contributed by atoms with Crippen LogP contribution in [0.3, 0.4) is 0 Å². The molecule has 2 saturated heterocycles. The Morgan fingerprint density at radius 3 is 2.89 bits per heavy atom. The van der Waals surface area contributed by atoms with Crippen LogP contribution < -0.4 is 5.32 Å². The van der Waals surface area contributed by atoms with Crippen LogP contribution in [0.4, 0.5) is 0 Å². The lowest BCUT2D eigenvalue weighted by Gasteiger charge is -2.31. The predicted molar refractivity (Wildman–Crippen MR) is 79.2 cm³/mol. The Balaban J connectivity index is 1.74. The number of hydrogen-bond acceptors (Lipinski definition) is 3. The van der Waals surface area contributed by atoms with E-state index in [-0.39, 0.29) is 12.1 Å². The second-order valence-electron chi connectivity index (χ2n) is 5.18. The van der Waals surface area contributed by atoms with Gasteiger partial charge in [0.05, 0.1) is 12.1 Å². The number of benzene rings is 1. The van der Waals surface area contributed by atoms with Crippen LogP contribution in [0.25, 0.3) is 0 Å². The van der Waals surface area contributed by atoms with Crippen molar-refractivity contribution in [1.29, 1.82) is 0 Å². The summed E-state index contributed by atoms with van der Waals surface area (Å²) in [6.07, 6.45) is 2.21. The number of rotatable bonds is 2. The predicted octanol–water partition coefficient (Wildman–Crippen LogP) is 2.06. The molecule has 2 aliphatic heterocycles. The van der Waals surface area contributed by atoms with E-state index >= 15 is 0 Å². The number of carbonyl (C=O) groups is 1. The van der Waals surface area contributed by atoms with E-state index in [9.17, 15) is 4.79 Å². The summed E-state index contributed by atoms with van der Waals surface area (Å²) in [5.74, 6) is 2.32. The Bertz CT molecular complexity index is 431. The summed E-state index contributed by atoms with van der Waals surface area (Å²) in [5, 5.41) is 3.36. The van der Waals surface area contributed by atoms with E-state index in [0.29, 0.717) is 5.91 Å². The second-order valence-corrected chi connectivity index (χ2v) is 6.33. The van der Waals surface area contributed by atoms with Gasteiger partial charge in [0.1, 0.15) is 0 Å². The van der Waals surface area contributed by atoms with Crippen molar-refractivity contribution in [2.45, 2.75) is 24.9 Å². The van der Waals surface area contributed by atoms with Gasteiger partial charge in [0, 0.05) is 24.6 Å². The molecule has 0 bridgehead atoms. The van der Waals surface area contributed by atoms with Crippen LogP contribution in [0.2, 0.25) is 0 Å². The van der Waals surface area contributed by atoms with Crippen molar-refractivity contribution in [3.05, 3.63) is 35.9 Å². The normalized spacial score (nSPS) is 27.5. The van der Waals surface area contributed by atoms with Crippen molar-refractivity contribution in [2.24, 2.45) is 0 Å². The average molecular weight is 276 g/mol. The molecule has 0 radical (unpaired) electrons.